The van der Waals surface area contributed by atoms with Gasteiger partial charge in [0.1, 0.15) is 5.76 Å². The van der Waals surface area contributed by atoms with Gasteiger partial charge in [0.25, 0.3) is 11.8 Å². The molecule has 28 heavy (non-hydrogen) atoms. The molecule has 0 fully saturated rings. The molecule has 1 N–H and O–H groups in total. The second kappa shape index (κ2) is 9.80. The fraction of sp³-hybridized carbons (Fsp3) is 0.316. The lowest BCUT2D eigenvalue weighted by molar-refractivity contribution is -0.130. The Kier molecular flexibility index (Phi) is 7.45. The molecule has 150 valence electrons. The summed E-state index contributed by atoms with van der Waals surface area (Å²) in [6, 6.07) is 4.81. The number of hydrogen-bond donors (Lipinski definition) is 1. The van der Waals surface area contributed by atoms with Gasteiger partial charge >= 0.3 is 0 Å². The van der Waals surface area contributed by atoms with E-state index in [0.29, 0.717) is 29.2 Å². The van der Waals surface area contributed by atoms with E-state index in [2.05, 4.69) is 10.5 Å². The molecule has 0 bridgehead atoms. The number of carbonyl (C=O) groups excluding carboxylic acids is 2. The Labute approximate surface area is 168 Å². The number of benzene rings is 1. The standard InChI is InChI=1S/C19H22ClN3O5/c1-5-26-16-9-13(8-15(20)18(16)28-11-17(24)23(3)4)10-21-22-19(25)14-6-7-27-12(14)2/h6-10H,5,11H2,1-4H3,(H,22,25)/b21-10-. The average molecular weight is 408 g/mol. The molecule has 2 rings (SSSR count). The van der Waals surface area contributed by atoms with E-state index in [1.807, 2.05) is 6.92 Å². The molecule has 0 radical (unpaired) electrons. The van der Waals surface area contributed by atoms with Crippen molar-refractivity contribution >= 4 is 29.6 Å². The second-order valence-electron chi connectivity index (χ2n) is 5.93. The number of hydrogen-bond acceptors (Lipinski definition) is 6. The van der Waals surface area contributed by atoms with Gasteiger partial charge in [-0.2, -0.15) is 5.10 Å². The topological polar surface area (TPSA) is 93.4 Å². The molecule has 2 aromatic rings. The third-order valence-corrected chi connectivity index (χ3v) is 3.93. The Hall–Kier alpha value is -3.00. The lowest BCUT2D eigenvalue weighted by Gasteiger charge is -2.16. The maximum absolute atomic E-state index is 12.0. The van der Waals surface area contributed by atoms with Crippen LogP contribution in [-0.4, -0.2) is 50.2 Å². The predicted molar refractivity (Wildman–Crippen MR) is 105 cm³/mol. The lowest BCUT2D eigenvalue weighted by Crippen LogP contribution is -2.27. The second-order valence-corrected chi connectivity index (χ2v) is 6.34. The monoisotopic (exact) mass is 407 g/mol. The molecule has 1 aromatic carbocycles. The Morgan fingerprint density at radius 3 is 2.68 bits per heavy atom. The van der Waals surface area contributed by atoms with Gasteiger partial charge in [-0.25, -0.2) is 5.43 Å². The Balaban J connectivity index is 2.13. The van der Waals surface area contributed by atoms with Gasteiger partial charge in [0.2, 0.25) is 0 Å². The van der Waals surface area contributed by atoms with E-state index in [1.54, 1.807) is 39.2 Å². The van der Waals surface area contributed by atoms with Crippen LogP contribution in [0.5, 0.6) is 11.5 Å². The van der Waals surface area contributed by atoms with Crippen LogP contribution in [-0.2, 0) is 4.79 Å². The van der Waals surface area contributed by atoms with Gasteiger partial charge < -0.3 is 18.8 Å². The first kappa shape index (κ1) is 21.3. The Morgan fingerprint density at radius 1 is 1.32 bits per heavy atom. The molecule has 8 nitrogen and oxygen atoms in total. The van der Waals surface area contributed by atoms with Crippen molar-refractivity contribution in [1.29, 1.82) is 0 Å². The number of rotatable bonds is 8. The molecule has 0 aliphatic heterocycles. The Bertz CT molecular complexity index is 876. The summed E-state index contributed by atoms with van der Waals surface area (Å²) in [5, 5.41) is 4.19. The summed E-state index contributed by atoms with van der Waals surface area (Å²) in [6.07, 6.45) is 2.86. The molecule has 0 saturated carbocycles. The van der Waals surface area contributed by atoms with E-state index in [0.717, 1.165) is 0 Å². The minimum Gasteiger partial charge on any atom is -0.490 e. The first-order valence-corrected chi connectivity index (χ1v) is 8.88. The van der Waals surface area contributed by atoms with E-state index in [9.17, 15) is 9.59 Å². The van der Waals surface area contributed by atoms with Crippen molar-refractivity contribution in [1.82, 2.24) is 10.3 Å². The molecule has 0 aliphatic carbocycles. The highest BCUT2D eigenvalue weighted by Crippen LogP contribution is 2.36. The molecular weight excluding hydrogens is 386 g/mol. The normalized spacial score (nSPS) is 10.8. The van der Waals surface area contributed by atoms with Gasteiger partial charge in [-0.3, -0.25) is 9.59 Å². The minimum absolute atomic E-state index is 0.166. The Morgan fingerprint density at radius 2 is 2.07 bits per heavy atom. The maximum Gasteiger partial charge on any atom is 0.274 e. The molecular formula is C19H22ClN3O5. The van der Waals surface area contributed by atoms with Gasteiger partial charge in [-0.05, 0) is 37.6 Å². The largest absolute Gasteiger partial charge is 0.490 e. The lowest BCUT2D eigenvalue weighted by atomic mass is 10.2. The molecule has 0 saturated heterocycles. The number of amides is 2. The van der Waals surface area contributed by atoms with Crippen LogP contribution in [0.3, 0.4) is 0 Å². The summed E-state index contributed by atoms with van der Waals surface area (Å²) < 4.78 is 16.2. The molecule has 0 spiro atoms. The number of likely N-dealkylation sites (N-methyl/N-ethyl adjacent to an activating group) is 1. The van der Waals surface area contributed by atoms with Crippen LogP contribution in [0, 0.1) is 6.92 Å². The predicted octanol–water partition coefficient (Wildman–Crippen LogP) is 2.87. The van der Waals surface area contributed by atoms with E-state index in [-0.39, 0.29) is 29.2 Å². The number of nitrogens with zero attached hydrogens (tertiary/aromatic N) is 2. The van der Waals surface area contributed by atoms with Crippen molar-refractivity contribution in [3.8, 4) is 11.5 Å². The van der Waals surface area contributed by atoms with Crippen LogP contribution < -0.4 is 14.9 Å². The molecule has 9 heteroatoms. The minimum atomic E-state index is -0.388. The van der Waals surface area contributed by atoms with Crippen LogP contribution in [0.4, 0.5) is 0 Å². The van der Waals surface area contributed by atoms with E-state index in [4.69, 9.17) is 25.5 Å². The third-order valence-electron chi connectivity index (χ3n) is 3.65. The van der Waals surface area contributed by atoms with Crippen molar-refractivity contribution in [3.63, 3.8) is 0 Å². The van der Waals surface area contributed by atoms with Crippen LogP contribution in [0.15, 0.2) is 34.0 Å². The summed E-state index contributed by atoms with van der Waals surface area (Å²) in [7, 11) is 3.27. The molecule has 0 atom stereocenters. The van der Waals surface area contributed by atoms with Crippen molar-refractivity contribution in [2.45, 2.75) is 13.8 Å². The first-order chi connectivity index (χ1) is 13.3. The van der Waals surface area contributed by atoms with Gasteiger partial charge in [0.05, 0.1) is 29.7 Å². The number of hydrazone groups is 1. The average Bonchev–Trinajstić information content (AvgIpc) is 3.07. The fourth-order valence-corrected chi connectivity index (χ4v) is 2.45. The maximum atomic E-state index is 12.0. The zero-order chi connectivity index (χ0) is 20.7. The van der Waals surface area contributed by atoms with Crippen molar-refractivity contribution < 1.29 is 23.5 Å². The SMILES string of the molecule is CCOc1cc(/C=N\NC(=O)c2ccoc2C)cc(Cl)c1OCC(=O)N(C)C. The van der Waals surface area contributed by atoms with Crippen LogP contribution in [0.25, 0.3) is 0 Å². The van der Waals surface area contributed by atoms with Crippen LogP contribution >= 0.6 is 11.6 Å². The molecule has 1 aromatic heterocycles. The summed E-state index contributed by atoms with van der Waals surface area (Å²) in [5.41, 5.74) is 3.41. The number of halogens is 1. The number of carbonyl (C=O) groups is 2. The van der Waals surface area contributed by atoms with E-state index < -0.39 is 0 Å². The van der Waals surface area contributed by atoms with E-state index >= 15 is 0 Å². The highest BCUT2D eigenvalue weighted by molar-refractivity contribution is 6.32. The van der Waals surface area contributed by atoms with Gasteiger partial charge in [-0.15, -0.1) is 0 Å². The van der Waals surface area contributed by atoms with Gasteiger partial charge in [-0.1, -0.05) is 11.6 Å². The highest BCUT2D eigenvalue weighted by Gasteiger charge is 2.15. The zero-order valence-corrected chi connectivity index (χ0v) is 16.9. The first-order valence-electron chi connectivity index (χ1n) is 8.50. The smallest absolute Gasteiger partial charge is 0.274 e. The molecule has 1 heterocycles. The quantitative estimate of drug-likeness (QED) is 0.536. The van der Waals surface area contributed by atoms with Gasteiger partial charge in [0, 0.05) is 14.1 Å². The van der Waals surface area contributed by atoms with E-state index in [1.165, 1.54) is 17.4 Å². The summed E-state index contributed by atoms with van der Waals surface area (Å²) in [5.74, 6) is 0.555. The van der Waals surface area contributed by atoms with Crippen molar-refractivity contribution in [2.24, 2.45) is 5.10 Å². The highest BCUT2D eigenvalue weighted by atomic mass is 35.5. The number of aryl methyl sites for hydroxylation is 1. The number of ether oxygens (including phenoxy) is 2. The van der Waals surface area contributed by atoms with Crippen LogP contribution in [0.1, 0.15) is 28.6 Å². The van der Waals surface area contributed by atoms with Crippen molar-refractivity contribution in [2.75, 3.05) is 27.3 Å². The fourth-order valence-electron chi connectivity index (χ4n) is 2.17. The zero-order valence-electron chi connectivity index (χ0n) is 16.1. The number of furan rings is 1. The number of nitrogens with one attached hydrogen (secondary N) is 1. The summed E-state index contributed by atoms with van der Waals surface area (Å²) >= 11 is 6.29. The van der Waals surface area contributed by atoms with Crippen molar-refractivity contribution in [3.05, 3.63) is 46.4 Å². The summed E-state index contributed by atoms with van der Waals surface area (Å²) in [6.45, 7) is 3.72. The molecule has 2 amide bonds. The molecule has 0 aliphatic rings. The van der Waals surface area contributed by atoms with Crippen LogP contribution in [0.2, 0.25) is 5.02 Å². The summed E-state index contributed by atoms with van der Waals surface area (Å²) in [4.78, 5) is 25.2. The third kappa shape index (κ3) is 5.50. The molecule has 0 unspecified atom stereocenters. The van der Waals surface area contributed by atoms with Gasteiger partial charge in [0.15, 0.2) is 18.1 Å².